The smallest absolute Gasteiger partial charge is 0.140 e. The zero-order chi connectivity index (χ0) is 23.6. The maximum atomic E-state index is 2.38. The highest BCUT2D eigenvalue weighted by Crippen LogP contribution is 2.32. The number of fused-ring (bicyclic) bond motifs is 1. The van der Waals surface area contributed by atoms with Crippen molar-refractivity contribution >= 4 is 16.5 Å². The summed E-state index contributed by atoms with van der Waals surface area (Å²) < 4.78 is 1.12. The summed E-state index contributed by atoms with van der Waals surface area (Å²) in [5.74, 6) is 0. The third-order valence-corrected chi connectivity index (χ3v) is 7.93. The predicted molar refractivity (Wildman–Crippen MR) is 151 cm³/mol. The largest absolute Gasteiger partial charge is 1.00 e. The van der Waals surface area contributed by atoms with Gasteiger partial charge in [0.05, 0.1) is 19.6 Å². The lowest BCUT2D eigenvalue weighted by molar-refractivity contribution is -0.00000707. The van der Waals surface area contributed by atoms with Crippen LogP contribution in [-0.4, -0.2) is 19.6 Å². The molecule has 0 heterocycles. The molecule has 194 valence electrons. The maximum Gasteiger partial charge on any atom is 0.140 e. The minimum Gasteiger partial charge on any atom is -1.00 e. The van der Waals surface area contributed by atoms with Gasteiger partial charge in [-0.15, -0.1) is 0 Å². The van der Waals surface area contributed by atoms with Gasteiger partial charge in [0.1, 0.15) is 5.69 Å². The number of hydrogen-bond acceptors (Lipinski definition) is 0. The first kappa shape index (κ1) is 31.0. The third-order valence-electron chi connectivity index (χ3n) is 7.93. The zero-order valence-corrected chi connectivity index (χ0v) is 23.6. The Bertz CT molecular complexity index is 731. The van der Waals surface area contributed by atoms with Gasteiger partial charge in [-0.25, -0.2) is 0 Å². The van der Waals surface area contributed by atoms with E-state index in [1.165, 1.54) is 139 Å². The second-order valence-corrected chi connectivity index (χ2v) is 10.3. The van der Waals surface area contributed by atoms with Gasteiger partial charge in [0.25, 0.3) is 0 Å². The average Bonchev–Trinajstić information content (AvgIpc) is 2.86. The van der Waals surface area contributed by atoms with Crippen LogP contribution < -0.4 is 16.9 Å². The molecule has 34 heavy (non-hydrogen) atoms. The average molecular weight is 488 g/mol. The first-order valence-electron chi connectivity index (χ1n) is 14.6. The molecule has 2 rings (SSSR count). The summed E-state index contributed by atoms with van der Waals surface area (Å²) in [4.78, 5) is 0. The summed E-state index contributed by atoms with van der Waals surface area (Å²) in [6, 6.07) is 15.8. The molecule has 0 spiro atoms. The van der Waals surface area contributed by atoms with E-state index in [0.717, 1.165) is 4.48 Å². The number of nitrogens with zero attached hydrogens (tertiary/aromatic N) is 1. The molecular weight excluding hydrogens is 434 g/mol. The van der Waals surface area contributed by atoms with E-state index in [0.29, 0.717) is 0 Å². The SMILES string of the molecule is CCCCCCCCCCCCCCCCCC[N+](CC)(CC)c1cccc2ccccc12.[Cl-]. The van der Waals surface area contributed by atoms with E-state index in [-0.39, 0.29) is 12.4 Å². The van der Waals surface area contributed by atoms with Crippen LogP contribution in [0, 0.1) is 0 Å². The Morgan fingerprint density at radius 3 is 1.44 bits per heavy atom. The van der Waals surface area contributed by atoms with Crippen LogP contribution in [0.25, 0.3) is 10.8 Å². The molecule has 0 fully saturated rings. The molecule has 2 heteroatoms. The summed E-state index contributed by atoms with van der Waals surface area (Å²) in [6.07, 6.45) is 23.0. The van der Waals surface area contributed by atoms with Crippen molar-refractivity contribution in [2.45, 2.75) is 124 Å². The molecule has 0 atom stereocenters. The fourth-order valence-corrected chi connectivity index (χ4v) is 5.59. The van der Waals surface area contributed by atoms with Gasteiger partial charge in [0.15, 0.2) is 0 Å². The Morgan fingerprint density at radius 1 is 0.500 bits per heavy atom. The molecular formula is C32H54ClN. The van der Waals surface area contributed by atoms with Crippen LogP contribution in [0.15, 0.2) is 42.5 Å². The van der Waals surface area contributed by atoms with Gasteiger partial charge in [0, 0.05) is 5.39 Å². The summed E-state index contributed by atoms with van der Waals surface area (Å²) in [6.45, 7) is 10.7. The molecule has 0 saturated heterocycles. The Labute approximate surface area is 218 Å². The van der Waals surface area contributed by atoms with E-state index < -0.39 is 0 Å². The van der Waals surface area contributed by atoms with Crippen molar-refractivity contribution in [3.8, 4) is 0 Å². The van der Waals surface area contributed by atoms with Crippen LogP contribution in [-0.2, 0) is 0 Å². The molecule has 0 bridgehead atoms. The summed E-state index contributed by atoms with van der Waals surface area (Å²) in [5, 5.41) is 2.83. The van der Waals surface area contributed by atoms with E-state index in [9.17, 15) is 0 Å². The van der Waals surface area contributed by atoms with E-state index in [4.69, 9.17) is 0 Å². The molecule has 2 aromatic carbocycles. The van der Waals surface area contributed by atoms with Crippen LogP contribution in [0.4, 0.5) is 5.69 Å². The third kappa shape index (κ3) is 10.7. The standard InChI is InChI=1S/C32H54N.ClH/c1-4-7-8-9-10-11-12-13-14-15-16-17-18-19-20-23-29-33(5-2,6-3)32-28-24-26-30-25-21-22-27-31(30)32;/h21-22,24-28H,4-20,23,29H2,1-3H3;1H/q+1;/p-1. The highest BCUT2D eigenvalue weighted by molar-refractivity contribution is 5.93. The lowest BCUT2D eigenvalue weighted by Gasteiger charge is -2.37. The molecule has 1 nitrogen and oxygen atoms in total. The van der Waals surface area contributed by atoms with Crippen LogP contribution in [0.5, 0.6) is 0 Å². The van der Waals surface area contributed by atoms with Gasteiger partial charge in [-0.05, 0) is 44.2 Å². The highest BCUT2D eigenvalue weighted by atomic mass is 35.5. The topological polar surface area (TPSA) is 0 Å². The quantitative estimate of drug-likeness (QED) is 0.134. The van der Waals surface area contributed by atoms with Crippen molar-refractivity contribution in [3.63, 3.8) is 0 Å². The number of hydrogen-bond donors (Lipinski definition) is 0. The summed E-state index contributed by atoms with van der Waals surface area (Å²) >= 11 is 0. The second-order valence-electron chi connectivity index (χ2n) is 10.3. The minimum absolute atomic E-state index is 0. The Kier molecular flexibility index (Phi) is 17.5. The fourth-order valence-electron chi connectivity index (χ4n) is 5.59. The van der Waals surface area contributed by atoms with E-state index in [2.05, 4.69) is 63.2 Å². The molecule has 0 radical (unpaired) electrons. The highest BCUT2D eigenvalue weighted by Gasteiger charge is 2.27. The van der Waals surface area contributed by atoms with Crippen LogP contribution >= 0.6 is 0 Å². The molecule has 2 aromatic rings. The first-order chi connectivity index (χ1) is 16.3. The molecule has 0 unspecified atom stereocenters. The van der Waals surface area contributed by atoms with Crippen molar-refractivity contribution in [1.29, 1.82) is 0 Å². The van der Waals surface area contributed by atoms with Gasteiger partial charge in [-0.1, -0.05) is 127 Å². The van der Waals surface area contributed by atoms with Crippen LogP contribution in [0.1, 0.15) is 124 Å². The number of benzene rings is 2. The fraction of sp³-hybridized carbons (Fsp3) is 0.688. The summed E-state index contributed by atoms with van der Waals surface area (Å²) in [7, 11) is 0. The number of unbranched alkanes of at least 4 members (excludes halogenated alkanes) is 15. The monoisotopic (exact) mass is 487 g/mol. The Morgan fingerprint density at radius 2 is 0.941 bits per heavy atom. The second kappa shape index (κ2) is 19.2. The molecule has 0 aliphatic carbocycles. The lowest BCUT2D eigenvalue weighted by atomic mass is 10.0. The van der Waals surface area contributed by atoms with Gasteiger partial charge >= 0.3 is 0 Å². The summed E-state index contributed by atoms with van der Waals surface area (Å²) in [5.41, 5.74) is 1.53. The number of halogens is 1. The van der Waals surface area contributed by atoms with Crippen molar-refractivity contribution < 1.29 is 12.4 Å². The van der Waals surface area contributed by atoms with Crippen LogP contribution in [0.3, 0.4) is 0 Å². The van der Waals surface area contributed by atoms with Crippen molar-refractivity contribution in [2.75, 3.05) is 19.6 Å². The molecule has 0 aliphatic rings. The Balaban J connectivity index is 0.00000578. The van der Waals surface area contributed by atoms with E-state index in [1.54, 1.807) is 0 Å². The van der Waals surface area contributed by atoms with Gasteiger partial charge < -0.3 is 12.4 Å². The van der Waals surface area contributed by atoms with Crippen molar-refractivity contribution in [2.24, 2.45) is 0 Å². The Hall–Kier alpha value is -1.05. The normalized spacial score (nSPS) is 11.6. The van der Waals surface area contributed by atoms with E-state index in [1.807, 2.05) is 0 Å². The van der Waals surface area contributed by atoms with Crippen molar-refractivity contribution in [1.82, 2.24) is 4.48 Å². The molecule has 0 saturated carbocycles. The van der Waals surface area contributed by atoms with E-state index >= 15 is 0 Å². The number of rotatable bonds is 20. The molecule has 0 aliphatic heterocycles. The maximum absolute atomic E-state index is 2.38. The van der Waals surface area contributed by atoms with Gasteiger partial charge in [-0.3, -0.25) is 4.48 Å². The minimum atomic E-state index is 0. The van der Waals surface area contributed by atoms with Crippen molar-refractivity contribution in [3.05, 3.63) is 42.5 Å². The van der Waals surface area contributed by atoms with Gasteiger partial charge in [0.2, 0.25) is 0 Å². The molecule has 0 amide bonds. The number of quaternary nitrogens is 1. The van der Waals surface area contributed by atoms with Crippen LogP contribution in [0.2, 0.25) is 0 Å². The molecule has 0 N–H and O–H groups in total. The molecule has 0 aromatic heterocycles. The van der Waals surface area contributed by atoms with Gasteiger partial charge in [-0.2, -0.15) is 0 Å². The lowest BCUT2D eigenvalue weighted by Crippen LogP contribution is -3.00. The predicted octanol–water partition coefficient (Wildman–Crippen LogP) is 7.45. The zero-order valence-electron chi connectivity index (χ0n) is 22.8. The first-order valence-corrected chi connectivity index (χ1v) is 14.6.